The summed E-state index contributed by atoms with van der Waals surface area (Å²) in [5.74, 6) is 0.433. The molecule has 0 bridgehead atoms. The Bertz CT molecular complexity index is 260. The summed E-state index contributed by atoms with van der Waals surface area (Å²) in [5.41, 5.74) is 1.90. The maximum atomic E-state index is 3.99. The molecule has 3 nitrogen and oxygen atoms in total. The Morgan fingerprint density at radius 1 is 1.64 bits per heavy atom. The summed E-state index contributed by atoms with van der Waals surface area (Å²) in [5, 5.41) is 7.89. The zero-order valence-corrected chi connectivity index (χ0v) is 7.20. The number of rotatable bonds is 2. The third-order valence-electron chi connectivity index (χ3n) is 1.49. The lowest BCUT2D eigenvalue weighted by Crippen LogP contribution is -1.91. The number of hydrogen-bond donors (Lipinski definition) is 0. The standard InChI is InChI=1S/C8H13N3/c1-6(2)8-5-11(7(3)4)10-9-8/h5-6H,3H2,1-2,4H3. The first-order valence-corrected chi connectivity index (χ1v) is 3.69. The predicted octanol–water partition coefficient (Wildman–Crippen LogP) is 1.89. The van der Waals surface area contributed by atoms with Gasteiger partial charge in [0.05, 0.1) is 11.9 Å². The van der Waals surface area contributed by atoms with E-state index in [-0.39, 0.29) is 0 Å². The summed E-state index contributed by atoms with van der Waals surface area (Å²) in [6, 6.07) is 0. The van der Waals surface area contributed by atoms with E-state index in [4.69, 9.17) is 0 Å². The van der Waals surface area contributed by atoms with Gasteiger partial charge >= 0.3 is 0 Å². The van der Waals surface area contributed by atoms with Gasteiger partial charge in [0.2, 0.25) is 0 Å². The highest BCUT2D eigenvalue weighted by molar-refractivity contribution is 5.35. The van der Waals surface area contributed by atoms with Gasteiger partial charge in [-0.2, -0.15) is 0 Å². The van der Waals surface area contributed by atoms with Gasteiger partial charge in [-0.1, -0.05) is 25.6 Å². The van der Waals surface area contributed by atoms with Crippen molar-refractivity contribution >= 4 is 5.70 Å². The van der Waals surface area contributed by atoms with E-state index >= 15 is 0 Å². The minimum absolute atomic E-state index is 0.433. The summed E-state index contributed by atoms with van der Waals surface area (Å²) in [4.78, 5) is 0. The van der Waals surface area contributed by atoms with Gasteiger partial charge in [0.1, 0.15) is 0 Å². The van der Waals surface area contributed by atoms with Crippen molar-refractivity contribution in [2.24, 2.45) is 0 Å². The first-order valence-electron chi connectivity index (χ1n) is 3.69. The van der Waals surface area contributed by atoms with Crippen molar-refractivity contribution < 1.29 is 0 Å². The van der Waals surface area contributed by atoms with Gasteiger partial charge in [-0.25, -0.2) is 4.68 Å². The Balaban J connectivity index is 2.90. The van der Waals surface area contributed by atoms with E-state index in [1.54, 1.807) is 4.68 Å². The highest BCUT2D eigenvalue weighted by atomic mass is 15.4. The maximum Gasteiger partial charge on any atom is 0.0857 e. The highest BCUT2D eigenvalue weighted by Gasteiger charge is 2.03. The second kappa shape index (κ2) is 2.86. The molecule has 1 aromatic heterocycles. The highest BCUT2D eigenvalue weighted by Crippen LogP contribution is 2.10. The van der Waals surface area contributed by atoms with Crippen LogP contribution >= 0.6 is 0 Å². The van der Waals surface area contributed by atoms with Crippen LogP contribution in [0.2, 0.25) is 0 Å². The van der Waals surface area contributed by atoms with Gasteiger partial charge in [-0.15, -0.1) is 5.10 Å². The Labute approximate surface area is 66.7 Å². The van der Waals surface area contributed by atoms with Gasteiger partial charge < -0.3 is 0 Å². The molecule has 3 heteroatoms. The first kappa shape index (κ1) is 7.98. The van der Waals surface area contributed by atoms with Gasteiger partial charge in [-0.3, -0.25) is 0 Å². The molecule has 0 amide bonds. The van der Waals surface area contributed by atoms with Crippen molar-refractivity contribution in [1.29, 1.82) is 0 Å². The van der Waals surface area contributed by atoms with Gasteiger partial charge in [0.25, 0.3) is 0 Å². The van der Waals surface area contributed by atoms with Crippen molar-refractivity contribution in [3.05, 3.63) is 18.5 Å². The molecule has 0 saturated carbocycles. The fourth-order valence-corrected chi connectivity index (χ4v) is 0.728. The van der Waals surface area contributed by atoms with Gasteiger partial charge in [0, 0.05) is 5.70 Å². The lowest BCUT2D eigenvalue weighted by Gasteiger charge is -1.95. The van der Waals surface area contributed by atoms with Crippen LogP contribution in [0.15, 0.2) is 12.8 Å². The molecule has 0 spiro atoms. The average Bonchev–Trinajstić information content (AvgIpc) is 2.33. The smallest absolute Gasteiger partial charge is 0.0857 e. The monoisotopic (exact) mass is 151 g/mol. The third kappa shape index (κ3) is 1.67. The lowest BCUT2D eigenvalue weighted by atomic mass is 10.2. The van der Waals surface area contributed by atoms with Crippen LogP contribution in [0, 0.1) is 0 Å². The van der Waals surface area contributed by atoms with E-state index in [0.29, 0.717) is 5.92 Å². The molecule has 60 valence electrons. The molecule has 0 aliphatic rings. The normalized spacial score (nSPS) is 10.5. The predicted molar refractivity (Wildman–Crippen MR) is 45.1 cm³/mol. The number of allylic oxidation sites excluding steroid dienone is 1. The van der Waals surface area contributed by atoms with Crippen LogP contribution < -0.4 is 0 Å². The Morgan fingerprint density at radius 3 is 2.55 bits per heavy atom. The van der Waals surface area contributed by atoms with E-state index in [9.17, 15) is 0 Å². The summed E-state index contributed by atoms with van der Waals surface area (Å²) in [6.45, 7) is 9.84. The fourth-order valence-electron chi connectivity index (χ4n) is 0.728. The molecule has 0 aliphatic carbocycles. The summed E-state index contributed by atoms with van der Waals surface area (Å²) < 4.78 is 1.69. The van der Waals surface area contributed by atoms with Crippen LogP contribution in [0.25, 0.3) is 5.70 Å². The van der Waals surface area contributed by atoms with E-state index in [1.165, 1.54) is 0 Å². The molecule has 0 radical (unpaired) electrons. The number of nitrogens with zero attached hydrogens (tertiary/aromatic N) is 3. The molecule has 0 unspecified atom stereocenters. The third-order valence-corrected chi connectivity index (χ3v) is 1.49. The molecule has 0 atom stereocenters. The summed E-state index contributed by atoms with van der Waals surface area (Å²) in [7, 11) is 0. The summed E-state index contributed by atoms with van der Waals surface area (Å²) in [6.07, 6.45) is 1.91. The Hall–Kier alpha value is -1.12. The molecule has 0 aliphatic heterocycles. The van der Waals surface area contributed by atoms with Crippen LogP contribution in [0.1, 0.15) is 32.4 Å². The van der Waals surface area contributed by atoms with Crippen LogP contribution in [0.4, 0.5) is 0 Å². The quantitative estimate of drug-likeness (QED) is 0.646. The SMILES string of the molecule is C=C(C)n1cc(C(C)C)nn1. The van der Waals surface area contributed by atoms with Gasteiger partial charge in [-0.05, 0) is 12.8 Å². The van der Waals surface area contributed by atoms with Crippen LogP contribution in [0.3, 0.4) is 0 Å². The Morgan fingerprint density at radius 2 is 2.27 bits per heavy atom. The Kier molecular flexibility index (Phi) is 2.08. The lowest BCUT2D eigenvalue weighted by molar-refractivity contribution is 0.782. The van der Waals surface area contributed by atoms with Crippen molar-refractivity contribution in [2.45, 2.75) is 26.7 Å². The van der Waals surface area contributed by atoms with Crippen molar-refractivity contribution in [3.8, 4) is 0 Å². The van der Waals surface area contributed by atoms with Gasteiger partial charge in [0.15, 0.2) is 0 Å². The molecular formula is C8H13N3. The molecule has 11 heavy (non-hydrogen) atoms. The molecule has 0 aromatic carbocycles. The van der Waals surface area contributed by atoms with Crippen molar-refractivity contribution in [1.82, 2.24) is 15.0 Å². The zero-order chi connectivity index (χ0) is 8.43. The second-order valence-electron chi connectivity index (χ2n) is 2.98. The van der Waals surface area contributed by atoms with Crippen LogP contribution in [-0.4, -0.2) is 15.0 Å². The molecule has 0 saturated heterocycles. The maximum absolute atomic E-state index is 3.99. The average molecular weight is 151 g/mol. The molecule has 1 heterocycles. The molecule has 0 fully saturated rings. The minimum Gasteiger partial charge on any atom is -0.225 e. The number of hydrogen-bond acceptors (Lipinski definition) is 2. The van der Waals surface area contributed by atoms with Crippen molar-refractivity contribution in [2.75, 3.05) is 0 Å². The topological polar surface area (TPSA) is 30.7 Å². The molecule has 0 N–H and O–H groups in total. The number of aromatic nitrogens is 3. The molecule has 1 aromatic rings. The second-order valence-corrected chi connectivity index (χ2v) is 2.98. The van der Waals surface area contributed by atoms with E-state index in [0.717, 1.165) is 11.4 Å². The molecular weight excluding hydrogens is 138 g/mol. The zero-order valence-electron chi connectivity index (χ0n) is 7.20. The first-order chi connectivity index (χ1) is 5.11. The largest absolute Gasteiger partial charge is 0.225 e. The van der Waals surface area contributed by atoms with Crippen molar-refractivity contribution in [3.63, 3.8) is 0 Å². The summed E-state index contributed by atoms with van der Waals surface area (Å²) >= 11 is 0. The minimum atomic E-state index is 0.433. The van der Waals surface area contributed by atoms with E-state index in [2.05, 4.69) is 30.7 Å². The fraction of sp³-hybridized carbons (Fsp3) is 0.500. The van der Waals surface area contributed by atoms with Crippen LogP contribution in [-0.2, 0) is 0 Å². The van der Waals surface area contributed by atoms with Crippen LogP contribution in [0.5, 0.6) is 0 Å². The van der Waals surface area contributed by atoms with E-state index < -0.39 is 0 Å². The molecule has 1 rings (SSSR count). The van der Waals surface area contributed by atoms with E-state index in [1.807, 2.05) is 13.1 Å².